The summed E-state index contributed by atoms with van der Waals surface area (Å²) in [5, 5.41) is 12.2. The zero-order valence-corrected chi connectivity index (χ0v) is 33.9. The Kier molecular flexibility index (Phi) is 11.4. The molecule has 1 heterocycles. The first-order valence-corrected chi connectivity index (χ1v) is 20.7. The summed E-state index contributed by atoms with van der Waals surface area (Å²) in [7, 11) is 0. The van der Waals surface area contributed by atoms with Crippen LogP contribution in [-0.2, 0) is 0 Å². The van der Waals surface area contributed by atoms with Gasteiger partial charge in [-0.3, -0.25) is 0 Å². The number of anilines is 5. The SMILES string of the molecule is CCN(c1ccccc1)c1ccc(C(=C2C=CC(=[N+](CC)c3ccccc3)C=C2)c2sc(N(c3ccccc3)c3ccccc3C)c(C#N)c2-c2ccccc2)cc1. The molecule has 5 heteroatoms. The molecule has 1 aromatic heterocycles. The number of rotatable bonds is 11. The minimum absolute atomic E-state index is 0.645. The Morgan fingerprint density at radius 3 is 1.76 bits per heavy atom. The molecular formula is C53H45N4S+. The van der Waals surface area contributed by atoms with Crippen LogP contribution in [0.15, 0.2) is 200 Å². The number of thiophene rings is 1. The van der Waals surface area contributed by atoms with Crippen molar-refractivity contribution < 1.29 is 4.58 Å². The highest BCUT2D eigenvalue weighted by Gasteiger charge is 2.29. The lowest BCUT2D eigenvalue weighted by Crippen LogP contribution is -2.15. The van der Waals surface area contributed by atoms with Crippen molar-refractivity contribution in [2.75, 3.05) is 22.9 Å². The zero-order chi connectivity index (χ0) is 39.8. The van der Waals surface area contributed by atoms with Crippen LogP contribution in [0.25, 0.3) is 16.7 Å². The van der Waals surface area contributed by atoms with Crippen molar-refractivity contribution in [2.45, 2.75) is 20.8 Å². The molecule has 0 N–H and O–H groups in total. The summed E-state index contributed by atoms with van der Waals surface area (Å²) in [5.41, 5.74) is 13.5. The highest BCUT2D eigenvalue weighted by atomic mass is 32.1. The van der Waals surface area contributed by atoms with E-state index in [-0.39, 0.29) is 0 Å². The van der Waals surface area contributed by atoms with E-state index in [1.165, 1.54) is 0 Å². The van der Waals surface area contributed by atoms with E-state index in [1.807, 2.05) is 12.1 Å². The van der Waals surface area contributed by atoms with Crippen LogP contribution in [0.4, 0.5) is 33.4 Å². The van der Waals surface area contributed by atoms with E-state index in [9.17, 15) is 5.26 Å². The van der Waals surface area contributed by atoms with Gasteiger partial charge in [-0.2, -0.15) is 9.84 Å². The van der Waals surface area contributed by atoms with Gasteiger partial charge in [0.05, 0.1) is 5.56 Å². The smallest absolute Gasteiger partial charge is 0.205 e. The zero-order valence-electron chi connectivity index (χ0n) is 33.1. The van der Waals surface area contributed by atoms with Gasteiger partial charge >= 0.3 is 0 Å². The van der Waals surface area contributed by atoms with E-state index in [1.54, 1.807) is 11.3 Å². The number of hydrogen-bond acceptors (Lipinski definition) is 4. The van der Waals surface area contributed by atoms with Crippen molar-refractivity contribution in [3.63, 3.8) is 0 Å². The molecule has 1 aliphatic carbocycles. The summed E-state index contributed by atoms with van der Waals surface area (Å²) in [4.78, 5) is 5.63. The number of benzene rings is 6. The minimum Gasteiger partial charge on any atom is -0.342 e. The molecule has 8 rings (SSSR count). The second kappa shape index (κ2) is 17.4. The number of nitrogens with zero attached hydrogens (tertiary/aromatic N) is 4. The molecule has 4 nitrogen and oxygen atoms in total. The molecule has 1 aliphatic rings. The Hall–Kier alpha value is -7.00. The van der Waals surface area contributed by atoms with Crippen LogP contribution in [0.3, 0.4) is 0 Å². The lowest BCUT2D eigenvalue weighted by Gasteiger charge is -2.26. The summed E-state index contributed by atoms with van der Waals surface area (Å²) in [6.45, 7) is 8.18. The lowest BCUT2D eigenvalue weighted by molar-refractivity contribution is -0.434. The van der Waals surface area contributed by atoms with Gasteiger partial charge in [-0.05, 0) is 97.7 Å². The number of hydrogen-bond donors (Lipinski definition) is 0. The fourth-order valence-electron chi connectivity index (χ4n) is 7.78. The fourth-order valence-corrected chi connectivity index (χ4v) is 9.18. The molecule has 6 aromatic carbocycles. The molecule has 282 valence electrons. The van der Waals surface area contributed by atoms with Crippen molar-refractivity contribution in [1.29, 1.82) is 5.26 Å². The van der Waals surface area contributed by atoms with E-state index in [0.717, 1.165) is 90.5 Å². The van der Waals surface area contributed by atoms with Crippen LogP contribution in [-0.4, -0.2) is 23.4 Å². The standard InChI is InChI=1S/C53H45N4S/c1-4-55(43-23-12-7-13-24-43)45-34-30-41(31-35-45)50(42-32-36-46(37-33-42)56(5-2)44-25-14-8-15-26-44)52-51(40-21-10-6-11-22-40)48(38-54)53(58-52)57(47-27-16-9-17-28-47)49-29-19-18-20-39(49)3/h6-37H,4-5H2,1-3H3/q+1. The maximum Gasteiger partial charge on any atom is 0.205 e. The average Bonchev–Trinajstić information content (AvgIpc) is 3.66. The minimum atomic E-state index is 0.645. The van der Waals surface area contributed by atoms with Crippen LogP contribution in [0.2, 0.25) is 0 Å². The third-order valence-electron chi connectivity index (χ3n) is 10.6. The summed E-state index contributed by atoms with van der Waals surface area (Å²) < 4.78 is 2.33. The Morgan fingerprint density at radius 2 is 1.17 bits per heavy atom. The van der Waals surface area contributed by atoms with Crippen molar-refractivity contribution in [3.05, 3.63) is 221 Å². The van der Waals surface area contributed by atoms with Crippen LogP contribution in [0.5, 0.6) is 0 Å². The van der Waals surface area contributed by atoms with Crippen molar-refractivity contribution >= 4 is 56.1 Å². The molecule has 0 saturated heterocycles. The predicted octanol–water partition coefficient (Wildman–Crippen LogP) is 14.0. The van der Waals surface area contributed by atoms with Crippen LogP contribution >= 0.6 is 11.3 Å². The van der Waals surface area contributed by atoms with Gasteiger partial charge in [-0.25, -0.2) is 0 Å². The second-order valence-corrected chi connectivity index (χ2v) is 15.0. The van der Waals surface area contributed by atoms with Gasteiger partial charge < -0.3 is 9.80 Å². The van der Waals surface area contributed by atoms with Gasteiger partial charge in [-0.1, -0.05) is 115 Å². The third-order valence-corrected chi connectivity index (χ3v) is 11.8. The van der Waals surface area contributed by atoms with Crippen molar-refractivity contribution in [1.82, 2.24) is 0 Å². The first-order valence-electron chi connectivity index (χ1n) is 19.9. The number of allylic oxidation sites excluding steroid dienone is 5. The van der Waals surface area contributed by atoms with E-state index < -0.39 is 0 Å². The molecule has 7 aromatic rings. The van der Waals surface area contributed by atoms with Crippen molar-refractivity contribution in [2.24, 2.45) is 0 Å². The molecule has 0 spiro atoms. The topological polar surface area (TPSA) is 33.3 Å². The molecule has 58 heavy (non-hydrogen) atoms. The van der Waals surface area contributed by atoms with Gasteiger partial charge in [0, 0.05) is 69.6 Å². The molecule has 0 bridgehead atoms. The van der Waals surface area contributed by atoms with Gasteiger partial charge in [-0.15, -0.1) is 11.3 Å². The van der Waals surface area contributed by atoms with Crippen molar-refractivity contribution in [3.8, 4) is 17.2 Å². The third kappa shape index (κ3) is 7.59. The number of aryl methyl sites for hydroxylation is 1. The number of nitriles is 1. The first kappa shape index (κ1) is 37.9. The maximum atomic E-state index is 11.3. The summed E-state index contributed by atoms with van der Waals surface area (Å²) in [5.74, 6) is 0. The highest BCUT2D eigenvalue weighted by Crippen LogP contribution is 2.52. The van der Waals surface area contributed by atoms with E-state index >= 15 is 0 Å². The second-order valence-electron chi connectivity index (χ2n) is 14.0. The highest BCUT2D eigenvalue weighted by molar-refractivity contribution is 7.18. The van der Waals surface area contributed by atoms with E-state index in [0.29, 0.717) is 5.56 Å². The normalized spacial score (nSPS) is 12.0. The Morgan fingerprint density at radius 1 is 0.621 bits per heavy atom. The molecule has 0 unspecified atom stereocenters. The summed E-state index contributed by atoms with van der Waals surface area (Å²) in [6, 6.07) is 61.9. The molecular weight excluding hydrogens is 725 g/mol. The quantitative estimate of drug-likeness (QED) is 0.123. The Bertz CT molecular complexity index is 2660. The molecule has 0 aliphatic heterocycles. The molecule has 0 fully saturated rings. The first-order chi connectivity index (χ1) is 28.6. The lowest BCUT2D eigenvalue weighted by atomic mass is 9.90. The van der Waals surface area contributed by atoms with Gasteiger partial charge in [0.15, 0.2) is 0 Å². The van der Waals surface area contributed by atoms with E-state index in [4.69, 9.17) is 0 Å². The molecule has 0 radical (unpaired) electrons. The molecule has 0 atom stereocenters. The largest absolute Gasteiger partial charge is 0.342 e. The molecule has 0 saturated carbocycles. The Labute approximate surface area is 346 Å². The fraction of sp³-hybridized carbons (Fsp3) is 0.0943. The van der Waals surface area contributed by atoms with Gasteiger partial charge in [0.1, 0.15) is 17.6 Å². The predicted molar refractivity (Wildman–Crippen MR) is 246 cm³/mol. The monoisotopic (exact) mass is 769 g/mol. The average molecular weight is 770 g/mol. The van der Waals surface area contributed by atoms with Crippen LogP contribution in [0, 0.1) is 18.3 Å². The summed E-state index contributed by atoms with van der Waals surface area (Å²) >= 11 is 1.68. The van der Waals surface area contributed by atoms with E-state index in [2.05, 4.69) is 223 Å². The van der Waals surface area contributed by atoms with Gasteiger partial charge in [0.2, 0.25) is 11.4 Å². The molecule has 0 amide bonds. The van der Waals surface area contributed by atoms with Gasteiger partial charge in [0.25, 0.3) is 0 Å². The maximum absolute atomic E-state index is 11.3. The summed E-state index contributed by atoms with van der Waals surface area (Å²) in [6.07, 6.45) is 8.92. The van der Waals surface area contributed by atoms with Crippen LogP contribution < -0.4 is 9.80 Å². The Balaban J connectivity index is 1.39. The van der Waals surface area contributed by atoms with Crippen LogP contribution in [0.1, 0.15) is 35.4 Å². The number of para-hydroxylation sites is 4.